The maximum atomic E-state index is 13.1. The largest absolute Gasteiger partial charge is 0.497 e. The van der Waals surface area contributed by atoms with Crippen molar-refractivity contribution in [1.82, 2.24) is 0 Å². The monoisotopic (exact) mass is 323 g/mol. The molecule has 2 rings (SSSR count). The van der Waals surface area contributed by atoms with Gasteiger partial charge in [-0.3, -0.25) is 4.79 Å². The van der Waals surface area contributed by atoms with Gasteiger partial charge in [-0.05, 0) is 43.3 Å². The minimum Gasteiger partial charge on any atom is -0.497 e. The molecule has 1 N–H and O–H groups in total. The van der Waals surface area contributed by atoms with E-state index in [0.717, 1.165) is 22.8 Å². The highest BCUT2D eigenvalue weighted by Crippen LogP contribution is 2.26. The molecule has 6 heteroatoms. The van der Waals surface area contributed by atoms with Crippen molar-refractivity contribution in [1.29, 1.82) is 0 Å². The van der Waals surface area contributed by atoms with Gasteiger partial charge in [-0.15, -0.1) is 11.8 Å². The van der Waals surface area contributed by atoms with Crippen molar-refractivity contribution < 1.29 is 18.3 Å². The van der Waals surface area contributed by atoms with Crippen molar-refractivity contribution in [2.75, 3.05) is 12.4 Å². The number of hydrogen-bond donors (Lipinski definition) is 1. The Bertz CT molecular complexity index is 662. The van der Waals surface area contributed by atoms with E-state index in [1.165, 1.54) is 17.8 Å². The van der Waals surface area contributed by atoms with Crippen LogP contribution in [0.5, 0.6) is 5.75 Å². The van der Waals surface area contributed by atoms with Crippen molar-refractivity contribution in [2.45, 2.75) is 17.1 Å². The molecule has 0 aliphatic heterocycles. The lowest BCUT2D eigenvalue weighted by Gasteiger charge is -2.12. The highest BCUT2D eigenvalue weighted by Gasteiger charge is 2.15. The van der Waals surface area contributed by atoms with Gasteiger partial charge >= 0.3 is 0 Å². The Morgan fingerprint density at radius 1 is 1.14 bits per heavy atom. The molecule has 1 atom stereocenters. The number of methoxy groups -OCH3 is 1. The molecule has 3 nitrogen and oxygen atoms in total. The summed E-state index contributed by atoms with van der Waals surface area (Å²) in [5.74, 6) is -1.48. The number of ether oxygens (including phenoxy) is 1. The maximum Gasteiger partial charge on any atom is 0.237 e. The summed E-state index contributed by atoms with van der Waals surface area (Å²) in [5.41, 5.74) is 0.228. The van der Waals surface area contributed by atoms with E-state index in [0.29, 0.717) is 0 Å². The predicted molar refractivity (Wildman–Crippen MR) is 83.3 cm³/mol. The van der Waals surface area contributed by atoms with Crippen LogP contribution in [0.2, 0.25) is 0 Å². The maximum absolute atomic E-state index is 13.1. The normalized spacial score (nSPS) is 11.8. The first kappa shape index (κ1) is 16.3. The van der Waals surface area contributed by atoms with Gasteiger partial charge in [0, 0.05) is 16.6 Å². The number of amides is 1. The second kappa shape index (κ2) is 7.26. The molecule has 0 aliphatic carbocycles. The Kier molecular flexibility index (Phi) is 5.38. The Labute approximate surface area is 131 Å². The van der Waals surface area contributed by atoms with Crippen molar-refractivity contribution in [2.24, 2.45) is 0 Å². The average Bonchev–Trinajstić information content (AvgIpc) is 2.51. The van der Waals surface area contributed by atoms with Crippen LogP contribution >= 0.6 is 11.8 Å². The van der Waals surface area contributed by atoms with E-state index >= 15 is 0 Å². The number of benzene rings is 2. The lowest BCUT2D eigenvalue weighted by atomic mass is 10.3. The molecule has 0 fully saturated rings. The fourth-order valence-corrected chi connectivity index (χ4v) is 2.60. The van der Waals surface area contributed by atoms with Gasteiger partial charge in [-0.2, -0.15) is 0 Å². The van der Waals surface area contributed by atoms with Gasteiger partial charge in [0.2, 0.25) is 5.91 Å². The third-order valence-electron chi connectivity index (χ3n) is 2.93. The number of hydrogen-bond acceptors (Lipinski definition) is 3. The summed E-state index contributed by atoms with van der Waals surface area (Å²) in [4.78, 5) is 13.0. The number of nitrogens with one attached hydrogen (secondary N) is 1. The van der Waals surface area contributed by atoms with Gasteiger partial charge in [0.05, 0.1) is 12.4 Å². The number of anilines is 1. The van der Waals surface area contributed by atoms with Crippen molar-refractivity contribution in [3.05, 3.63) is 54.1 Å². The van der Waals surface area contributed by atoms with E-state index < -0.39 is 11.6 Å². The molecule has 0 saturated carbocycles. The fourth-order valence-electron chi connectivity index (χ4n) is 1.73. The number of thioether (sulfide) groups is 1. The van der Waals surface area contributed by atoms with Crippen molar-refractivity contribution >= 4 is 23.4 Å². The number of rotatable bonds is 5. The highest BCUT2D eigenvalue weighted by atomic mass is 32.2. The van der Waals surface area contributed by atoms with Crippen LogP contribution in [-0.2, 0) is 4.79 Å². The van der Waals surface area contributed by atoms with E-state index in [4.69, 9.17) is 4.74 Å². The minimum atomic E-state index is -0.992. The van der Waals surface area contributed by atoms with Crippen LogP contribution in [0.4, 0.5) is 14.5 Å². The second-order valence-corrected chi connectivity index (χ2v) is 5.97. The van der Waals surface area contributed by atoms with Gasteiger partial charge in [0.1, 0.15) is 5.75 Å². The predicted octanol–water partition coefficient (Wildman–Crippen LogP) is 4.09. The van der Waals surface area contributed by atoms with Crippen molar-refractivity contribution in [3.8, 4) is 5.75 Å². The van der Waals surface area contributed by atoms with Crippen LogP contribution in [0.3, 0.4) is 0 Å². The molecule has 0 radical (unpaired) electrons. The second-order valence-electron chi connectivity index (χ2n) is 4.55. The molecule has 0 heterocycles. The molecular formula is C16H15F2NO2S. The van der Waals surface area contributed by atoms with E-state index in [2.05, 4.69) is 5.32 Å². The van der Waals surface area contributed by atoms with Gasteiger partial charge in [0.25, 0.3) is 0 Å². The summed E-state index contributed by atoms with van der Waals surface area (Å²) >= 11 is 1.36. The number of carbonyl (C=O) groups excluding carboxylic acids is 1. The van der Waals surface area contributed by atoms with Crippen LogP contribution in [0.25, 0.3) is 0 Å². The first-order valence-corrected chi connectivity index (χ1v) is 7.44. The molecule has 0 bridgehead atoms. The first-order chi connectivity index (χ1) is 10.5. The van der Waals surface area contributed by atoms with Gasteiger partial charge in [-0.25, -0.2) is 8.78 Å². The molecule has 0 saturated heterocycles. The zero-order valence-corrected chi connectivity index (χ0v) is 12.9. The highest BCUT2D eigenvalue weighted by molar-refractivity contribution is 8.00. The molecule has 116 valence electrons. The quantitative estimate of drug-likeness (QED) is 0.842. The van der Waals surface area contributed by atoms with E-state index in [1.54, 1.807) is 14.0 Å². The Hall–Kier alpha value is -2.08. The van der Waals surface area contributed by atoms with E-state index in [1.807, 2.05) is 24.3 Å². The fraction of sp³-hybridized carbons (Fsp3) is 0.188. The topological polar surface area (TPSA) is 38.3 Å². The first-order valence-electron chi connectivity index (χ1n) is 6.56. The van der Waals surface area contributed by atoms with Gasteiger partial charge in [-0.1, -0.05) is 0 Å². The van der Waals surface area contributed by atoms with Crippen LogP contribution in [0, 0.1) is 11.6 Å². The van der Waals surface area contributed by atoms with Crippen LogP contribution in [0.15, 0.2) is 47.4 Å². The Balaban J connectivity index is 1.97. The summed E-state index contributed by atoms with van der Waals surface area (Å²) in [5, 5.41) is 2.17. The smallest absolute Gasteiger partial charge is 0.237 e. The van der Waals surface area contributed by atoms with Gasteiger partial charge < -0.3 is 10.1 Å². The van der Waals surface area contributed by atoms with Crippen molar-refractivity contribution in [3.63, 3.8) is 0 Å². The molecule has 0 unspecified atom stereocenters. The van der Waals surface area contributed by atoms with E-state index in [-0.39, 0.29) is 16.8 Å². The molecule has 0 aromatic heterocycles. The summed E-state index contributed by atoms with van der Waals surface area (Å²) in [7, 11) is 1.58. The molecule has 2 aromatic carbocycles. The lowest BCUT2D eigenvalue weighted by molar-refractivity contribution is -0.115. The Morgan fingerprint density at radius 3 is 2.41 bits per heavy atom. The van der Waals surface area contributed by atoms with Crippen LogP contribution in [-0.4, -0.2) is 18.3 Å². The van der Waals surface area contributed by atoms with Gasteiger partial charge in [0.15, 0.2) is 11.6 Å². The van der Waals surface area contributed by atoms with E-state index in [9.17, 15) is 13.6 Å². The zero-order valence-electron chi connectivity index (χ0n) is 12.1. The third kappa shape index (κ3) is 4.21. The minimum absolute atomic E-state index is 0.228. The molecular weight excluding hydrogens is 308 g/mol. The average molecular weight is 323 g/mol. The molecule has 1 amide bonds. The zero-order chi connectivity index (χ0) is 16.1. The summed E-state index contributed by atoms with van der Waals surface area (Å²) in [6.07, 6.45) is 0. The summed E-state index contributed by atoms with van der Waals surface area (Å²) < 4.78 is 31.0. The molecule has 2 aromatic rings. The summed E-state index contributed by atoms with van der Waals surface area (Å²) in [6, 6.07) is 10.6. The summed E-state index contributed by atoms with van der Waals surface area (Å²) in [6.45, 7) is 1.74. The third-order valence-corrected chi connectivity index (χ3v) is 4.04. The molecule has 22 heavy (non-hydrogen) atoms. The lowest BCUT2D eigenvalue weighted by Crippen LogP contribution is -2.22. The van der Waals surface area contributed by atoms with Crippen LogP contribution < -0.4 is 10.1 Å². The number of halogens is 2. The Morgan fingerprint density at radius 2 is 1.82 bits per heavy atom. The van der Waals surface area contributed by atoms with Crippen LogP contribution in [0.1, 0.15) is 6.92 Å². The molecule has 0 spiro atoms. The SMILES string of the molecule is COc1ccc(S[C@@H](C)C(=O)Nc2ccc(F)c(F)c2)cc1. The number of carbonyl (C=O) groups is 1. The molecule has 0 aliphatic rings. The standard InChI is InChI=1S/C16H15F2NO2S/c1-10(22-13-6-4-12(21-2)5-7-13)16(20)19-11-3-8-14(17)15(18)9-11/h3-10H,1-2H3,(H,19,20)/t10-/m0/s1.